The van der Waals surface area contributed by atoms with Crippen molar-refractivity contribution >= 4 is 5.91 Å². The molecule has 2 N–H and O–H groups in total. The number of methoxy groups -OCH3 is 1. The Labute approximate surface area is 142 Å². The fourth-order valence-electron chi connectivity index (χ4n) is 2.25. The van der Waals surface area contributed by atoms with E-state index in [4.69, 9.17) is 9.15 Å². The summed E-state index contributed by atoms with van der Waals surface area (Å²) in [6, 6.07) is 7.47. The van der Waals surface area contributed by atoms with Gasteiger partial charge in [0.1, 0.15) is 5.75 Å². The van der Waals surface area contributed by atoms with Crippen molar-refractivity contribution in [1.29, 1.82) is 0 Å². The molecule has 0 aliphatic heterocycles. The van der Waals surface area contributed by atoms with Crippen molar-refractivity contribution in [2.45, 2.75) is 32.9 Å². The molecule has 0 bridgehead atoms. The minimum Gasteiger partial charge on any atom is -0.497 e. The smallest absolute Gasteiger partial charge is 0.275 e. The van der Waals surface area contributed by atoms with Gasteiger partial charge in [0, 0.05) is 11.6 Å². The van der Waals surface area contributed by atoms with Crippen molar-refractivity contribution < 1.29 is 18.8 Å². The van der Waals surface area contributed by atoms with Crippen LogP contribution in [0.3, 0.4) is 0 Å². The molecule has 0 radical (unpaired) electrons. The van der Waals surface area contributed by atoms with Gasteiger partial charge >= 0.3 is 0 Å². The van der Waals surface area contributed by atoms with Gasteiger partial charge in [0.25, 0.3) is 11.8 Å². The predicted octanol–water partition coefficient (Wildman–Crippen LogP) is 0.846. The molecule has 1 heterocycles. The van der Waals surface area contributed by atoms with Crippen LogP contribution in [0.15, 0.2) is 28.7 Å². The van der Waals surface area contributed by atoms with Crippen molar-refractivity contribution in [3.05, 3.63) is 30.2 Å². The highest BCUT2D eigenvalue weighted by Gasteiger charge is 2.24. The van der Waals surface area contributed by atoms with Crippen LogP contribution in [-0.2, 0) is 4.79 Å². The quantitative estimate of drug-likeness (QED) is 0.785. The van der Waals surface area contributed by atoms with Gasteiger partial charge in [0.05, 0.1) is 14.2 Å². The first-order valence-electron chi connectivity index (χ1n) is 8.00. The van der Waals surface area contributed by atoms with Gasteiger partial charge in [0.2, 0.25) is 5.89 Å². The maximum absolute atomic E-state index is 11.9. The Bertz CT molecular complexity index is 667. The van der Waals surface area contributed by atoms with Gasteiger partial charge in [-0.1, -0.05) is 0 Å². The van der Waals surface area contributed by atoms with E-state index in [2.05, 4.69) is 15.5 Å². The zero-order valence-corrected chi connectivity index (χ0v) is 14.8. The number of carbonyl (C=O) groups excluding carboxylic acids is 1. The zero-order valence-electron chi connectivity index (χ0n) is 14.8. The monoisotopic (exact) mass is 333 g/mol. The van der Waals surface area contributed by atoms with Crippen LogP contribution in [0.1, 0.15) is 32.7 Å². The summed E-state index contributed by atoms with van der Waals surface area (Å²) in [6.45, 7) is 6.19. The highest BCUT2D eigenvalue weighted by molar-refractivity contribution is 5.77. The van der Waals surface area contributed by atoms with Crippen LogP contribution < -0.4 is 15.0 Å². The van der Waals surface area contributed by atoms with E-state index >= 15 is 0 Å². The van der Waals surface area contributed by atoms with E-state index in [1.807, 2.05) is 52.1 Å². The molecule has 24 heavy (non-hydrogen) atoms. The van der Waals surface area contributed by atoms with Crippen molar-refractivity contribution in [3.63, 3.8) is 0 Å². The van der Waals surface area contributed by atoms with E-state index in [1.54, 1.807) is 7.11 Å². The van der Waals surface area contributed by atoms with Gasteiger partial charge in [-0.3, -0.25) is 4.79 Å². The molecule has 1 amide bonds. The van der Waals surface area contributed by atoms with Crippen LogP contribution in [0.5, 0.6) is 5.75 Å². The fraction of sp³-hybridized carbons (Fsp3) is 0.471. The summed E-state index contributed by atoms with van der Waals surface area (Å²) in [5, 5.41) is 11.1. The molecule has 0 saturated carbocycles. The fourth-order valence-corrected chi connectivity index (χ4v) is 2.25. The average molecular weight is 333 g/mol. The standard InChI is InChI=1S/C17H24N4O3/c1-11(2)18-15(22)10-21(4)12(3)16-19-20-17(24-16)13-6-8-14(23-5)9-7-13/h6-9,11-12H,10H2,1-5H3,(H,18,22)/p+1/t12-/m0/s1. The van der Waals surface area contributed by atoms with Crippen molar-refractivity contribution in [3.8, 4) is 17.2 Å². The summed E-state index contributed by atoms with van der Waals surface area (Å²) in [4.78, 5) is 12.9. The average Bonchev–Trinajstić information content (AvgIpc) is 3.03. The highest BCUT2D eigenvalue weighted by atomic mass is 16.5. The number of ether oxygens (including phenoxy) is 1. The number of aromatic nitrogens is 2. The van der Waals surface area contributed by atoms with Crippen molar-refractivity contribution in [1.82, 2.24) is 15.5 Å². The molecule has 0 spiro atoms. The molecule has 2 rings (SSSR count). The summed E-state index contributed by atoms with van der Waals surface area (Å²) in [5.41, 5.74) is 0.831. The van der Waals surface area contributed by atoms with Crippen LogP contribution in [0, 0.1) is 0 Å². The summed E-state index contributed by atoms with van der Waals surface area (Å²) in [6.07, 6.45) is 0. The Morgan fingerprint density at radius 1 is 1.25 bits per heavy atom. The second-order valence-electron chi connectivity index (χ2n) is 6.14. The van der Waals surface area contributed by atoms with E-state index in [9.17, 15) is 4.79 Å². The molecule has 1 aromatic heterocycles. The minimum atomic E-state index is -0.0811. The lowest BCUT2D eigenvalue weighted by Gasteiger charge is -2.19. The lowest BCUT2D eigenvalue weighted by atomic mass is 10.2. The third kappa shape index (κ3) is 4.55. The molecule has 0 fully saturated rings. The number of likely N-dealkylation sites (N-methyl/N-ethyl adjacent to an activating group) is 1. The molecule has 2 atom stereocenters. The molecule has 0 aliphatic rings. The maximum Gasteiger partial charge on any atom is 0.275 e. The second-order valence-corrected chi connectivity index (χ2v) is 6.14. The predicted molar refractivity (Wildman–Crippen MR) is 89.7 cm³/mol. The number of rotatable bonds is 7. The summed E-state index contributed by atoms with van der Waals surface area (Å²) < 4.78 is 10.9. The van der Waals surface area contributed by atoms with Crippen molar-refractivity contribution in [2.75, 3.05) is 20.7 Å². The first-order chi connectivity index (χ1) is 11.4. The lowest BCUT2D eigenvalue weighted by molar-refractivity contribution is -0.903. The number of nitrogens with zero attached hydrogens (tertiary/aromatic N) is 2. The Morgan fingerprint density at radius 3 is 2.50 bits per heavy atom. The molecule has 7 heteroatoms. The Hall–Kier alpha value is -2.41. The van der Waals surface area contributed by atoms with E-state index in [1.165, 1.54) is 0 Å². The molecule has 7 nitrogen and oxygen atoms in total. The Balaban J connectivity index is 2.04. The van der Waals surface area contributed by atoms with Gasteiger partial charge < -0.3 is 19.4 Å². The molecule has 0 saturated heterocycles. The number of quaternary nitrogens is 1. The molecule has 1 aromatic carbocycles. The first kappa shape index (κ1) is 17.9. The molecule has 1 unspecified atom stereocenters. The van der Waals surface area contributed by atoms with Gasteiger partial charge in [0.15, 0.2) is 12.6 Å². The van der Waals surface area contributed by atoms with Crippen LogP contribution in [0.25, 0.3) is 11.5 Å². The van der Waals surface area contributed by atoms with E-state index in [0.29, 0.717) is 18.3 Å². The number of nitrogens with one attached hydrogen (secondary N) is 2. The van der Waals surface area contributed by atoms with Gasteiger partial charge in [-0.2, -0.15) is 0 Å². The maximum atomic E-state index is 11.9. The number of hydrogen-bond donors (Lipinski definition) is 2. The summed E-state index contributed by atoms with van der Waals surface area (Å²) >= 11 is 0. The second kappa shape index (κ2) is 7.92. The van der Waals surface area contributed by atoms with Gasteiger partial charge in [-0.15, -0.1) is 10.2 Å². The number of hydrogen-bond acceptors (Lipinski definition) is 5. The van der Waals surface area contributed by atoms with E-state index < -0.39 is 0 Å². The van der Waals surface area contributed by atoms with Crippen LogP contribution in [0.2, 0.25) is 0 Å². The normalized spacial score (nSPS) is 13.6. The van der Waals surface area contributed by atoms with E-state index in [-0.39, 0.29) is 18.0 Å². The Kier molecular flexibility index (Phi) is 5.92. The SMILES string of the molecule is COc1ccc(-c2nnc([C@H](C)[NH+](C)CC(=O)NC(C)C)o2)cc1. The topological polar surface area (TPSA) is 81.7 Å². The van der Waals surface area contributed by atoms with Crippen molar-refractivity contribution in [2.24, 2.45) is 0 Å². The number of carbonyl (C=O) groups is 1. The number of benzene rings is 1. The number of amides is 1. The van der Waals surface area contributed by atoms with Crippen LogP contribution in [0.4, 0.5) is 0 Å². The lowest BCUT2D eigenvalue weighted by Crippen LogP contribution is -3.10. The molecular formula is C17H25N4O3+. The molecule has 0 aliphatic carbocycles. The van der Waals surface area contributed by atoms with Crippen LogP contribution in [-0.4, -0.2) is 42.8 Å². The first-order valence-corrected chi connectivity index (χ1v) is 8.00. The Morgan fingerprint density at radius 2 is 1.92 bits per heavy atom. The minimum absolute atomic E-state index is 0.00393. The van der Waals surface area contributed by atoms with Gasteiger partial charge in [-0.25, -0.2) is 0 Å². The summed E-state index contributed by atoms with van der Waals surface area (Å²) in [7, 11) is 3.55. The third-order valence-electron chi connectivity index (χ3n) is 3.78. The third-order valence-corrected chi connectivity index (χ3v) is 3.78. The summed E-state index contributed by atoms with van der Waals surface area (Å²) in [5.74, 6) is 1.74. The van der Waals surface area contributed by atoms with Gasteiger partial charge in [-0.05, 0) is 45.0 Å². The largest absolute Gasteiger partial charge is 0.497 e. The molecule has 130 valence electrons. The zero-order chi connectivity index (χ0) is 17.7. The highest BCUT2D eigenvalue weighted by Crippen LogP contribution is 2.22. The molecular weight excluding hydrogens is 308 g/mol. The molecule has 2 aromatic rings. The van der Waals surface area contributed by atoms with Crippen LogP contribution >= 0.6 is 0 Å². The van der Waals surface area contributed by atoms with E-state index in [0.717, 1.165) is 16.2 Å².